The first-order valence-electron chi connectivity index (χ1n) is 9.34. The second kappa shape index (κ2) is 9.10. The van der Waals surface area contributed by atoms with Crippen LogP contribution < -0.4 is 14.8 Å². The monoisotopic (exact) mass is 393 g/mol. The van der Waals surface area contributed by atoms with Gasteiger partial charge in [0, 0.05) is 11.1 Å². The lowest BCUT2D eigenvalue weighted by molar-refractivity contribution is -0.123. The number of benzene rings is 3. The molecule has 3 aromatic rings. The maximum atomic E-state index is 12.6. The Morgan fingerprint density at radius 2 is 1.76 bits per heavy atom. The summed E-state index contributed by atoms with van der Waals surface area (Å²) in [5, 5.41) is 4.76. The van der Waals surface area contributed by atoms with Gasteiger partial charge in [-0.15, -0.1) is 0 Å². The Labute approximate surface area is 169 Å². The Bertz CT molecular complexity index is 1030. The van der Waals surface area contributed by atoms with Crippen molar-refractivity contribution in [3.8, 4) is 11.5 Å². The summed E-state index contributed by atoms with van der Waals surface area (Å²) in [6.07, 6.45) is -0.973. The molecule has 0 heterocycles. The molecule has 0 spiro atoms. The van der Waals surface area contributed by atoms with Gasteiger partial charge in [-0.05, 0) is 43.5 Å². The van der Waals surface area contributed by atoms with Crippen molar-refractivity contribution in [2.75, 3.05) is 19.0 Å². The van der Waals surface area contributed by atoms with Crippen LogP contribution in [-0.4, -0.2) is 31.7 Å². The molecule has 0 saturated heterocycles. The Morgan fingerprint density at radius 1 is 1.00 bits per heavy atom. The predicted molar refractivity (Wildman–Crippen MR) is 112 cm³/mol. The third kappa shape index (κ3) is 4.66. The van der Waals surface area contributed by atoms with Gasteiger partial charge in [0.25, 0.3) is 5.91 Å². The first kappa shape index (κ1) is 20.2. The predicted octanol–water partition coefficient (Wildman–Crippen LogP) is 4.43. The first-order chi connectivity index (χ1) is 14.0. The SMILES string of the molecule is CCOc1cc(C(=O)OC(C)C(=O)Nc2cccc3ccccc23)ccc1OC. The molecule has 0 aliphatic rings. The summed E-state index contributed by atoms with van der Waals surface area (Å²) in [6.45, 7) is 3.80. The molecule has 6 nitrogen and oxygen atoms in total. The molecule has 6 heteroatoms. The van der Waals surface area contributed by atoms with Crippen molar-refractivity contribution in [1.82, 2.24) is 0 Å². The molecule has 0 aliphatic carbocycles. The standard InChI is InChI=1S/C23H23NO5/c1-4-28-21-14-17(12-13-20(21)27-3)23(26)29-15(2)22(25)24-19-11-7-9-16-8-5-6-10-18(16)19/h5-15H,4H2,1-3H3,(H,24,25). The number of methoxy groups -OCH3 is 1. The number of hydrogen-bond acceptors (Lipinski definition) is 5. The topological polar surface area (TPSA) is 73.9 Å². The van der Waals surface area contributed by atoms with Crippen LogP contribution in [0.1, 0.15) is 24.2 Å². The van der Waals surface area contributed by atoms with E-state index in [0.717, 1.165) is 10.8 Å². The summed E-state index contributed by atoms with van der Waals surface area (Å²) in [7, 11) is 1.52. The normalized spacial score (nSPS) is 11.6. The molecule has 0 saturated carbocycles. The van der Waals surface area contributed by atoms with Gasteiger partial charge in [-0.3, -0.25) is 4.79 Å². The van der Waals surface area contributed by atoms with Gasteiger partial charge < -0.3 is 19.5 Å². The fourth-order valence-corrected chi connectivity index (χ4v) is 2.92. The van der Waals surface area contributed by atoms with E-state index in [1.54, 1.807) is 18.2 Å². The molecule has 3 rings (SSSR count). The van der Waals surface area contributed by atoms with Crippen LogP contribution in [0.5, 0.6) is 11.5 Å². The number of fused-ring (bicyclic) bond motifs is 1. The Hall–Kier alpha value is -3.54. The largest absolute Gasteiger partial charge is 0.493 e. The van der Waals surface area contributed by atoms with E-state index < -0.39 is 18.0 Å². The number of amides is 1. The molecule has 3 aromatic carbocycles. The first-order valence-corrected chi connectivity index (χ1v) is 9.34. The summed E-state index contributed by atoms with van der Waals surface area (Å²) in [6, 6.07) is 18.1. The van der Waals surface area contributed by atoms with Crippen LogP contribution in [-0.2, 0) is 9.53 Å². The number of anilines is 1. The van der Waals surface area contributed by atoms with Gasteiger partial charge in [0.1, 0.15) is 0 Å². The molecule has 1 N–H and O–H groups in total. The molecule has 0 aromatic heterocycles. The molecule has 0 aliphatic heterocycles. The molecule has 0 bridgehead atoms. The molecule has 29 heavy (non-hydrogen) atoms. The van der Waals surface area contributed by atoms with Crippen LogP contribution in [0.15, 0.2) is 60.7 Å². The van der Waals surface area contributed by atoms with Crippen molar-refractivity contribution in [1.29, 1.82) is 0 Å². The Kier molecular flexibility index (Phi) is 6.34. The summed E-state index contributed by atoms with van der Waals surface area (Å²) in [5.41, 5.74) is 0.943. The number of rotatable bonds is 7. The van der Waals surface area contributed by atoms with Crippen LogP contribution in [0.3, 0.4) is 0 Å². The second-order valence-electron chi connectivity index (χ2n) is 6.36. The van der Waals surface area contributed by atoms with Crippen LogP contribution in [0.25, 0.3) is 10.8 Å². The zero-order valence-corrected chi connectivity index (χ0v) is 16.6. The Morgan fingerprint density at radius 3 is 2.52 bits per heavy atom. The van der Waals surface area contributed by atoms with E-state index in [4.69, 9.17) is 14.2 Å². The second-order valence-corrected chi connectivity index (χ2v) is 6.36. The van der Waals surface area contributed by atoms with E-state index in [1.807, 2.05) is 49.4 Å². The van der Waals surface area contributed by atoms with Crippen LogP contribution in [0.4, 0.5) is 5.69 Å². The van der Waals surface area contributed by atoms with E-state index in [9.17, 15) is 9.59 Å². The van der Waals surface area contributed by atoms with E-state index in [2.05, 4.69) is 5.32 Å². The van der Waals surface area contributed by atoms with Gasteiger partial charge in [0.05, 0.1) is 19.3 Å². The lowest BCUT2D eigenvalue weighted by atomic mass is 10.1. The van der Waals surface area contributed by atoms with E-state index in [0.29, 0.717) is 23.8 Å². The smallest absolute Gasteiger partial charge is 0.339 e. The molecular weight excluding hydrogens is 370 g/mol. The van der Waals surface area contributed by atoms with E-state index in [1.165, 1.54) is 14.0 Å². The number of hydrogen-bond donors (Lipinski definition) is 1. The summed E-state index contributed by atoms with van der Waals surface area (Å²) >= 11 is 0. The maximum absolute atomic E-state index is 12.6. The van der Waals surface area contributed by atoms with Crippen molar-refractivity contribution >= 4 is 28.3 Å². The zero-order valence-electron chi connectivity index (χ0n) is 16.6. The molecule has 0 fully saturated rings. The lowest BCUT2D eigenvalue weighted by Gasteiger charge is -2.15. The third-order valence-electron chi connectivity index (χ3n) is 4.40. The summed E-state index contributed by atoms with van der Waals surface area (Å²) in [5.74, 6) is -0.0649. The van der Waals surface area contributed by atoms with Gasteiger partial charge in [-0.2, -0.15) is 0 Å². The number of nitrogens with one attached hydrogen (secondary N) is 1. The fraction of sp³-hybridized carbons (Fsp3) is 0.217. The molecule has 1 unspecified atom stereocenters. The number of ether oxygens (including phenoxy) is 3. The summed E-state index contributed by atoms with van der Waals surface area (Å²) in [4.78, 5) is 25.0. The summed E-state index contributed by atoms with van der Waals surface area (Å²) < 4.78 is 16.0. The van der Waals surface area contributed by atoms with Gasteiger partial charge in [0.15, 0.2) is 17.6 Å². The molecular formula is C23H23NO5. The van der Waals surface area contributed by atoms with Crippen molar-refractivity contribution in [3.63, 3.8) is 0 Å². The highest BCUT2D eigenvalue weighted by Gasteiger charge is 2.21. The van der Waals surface area contributed by atoms with E-state index in [-0.39, 0.29) is 5.56 Å². The number of carbonyl (C=O) groups excluding carboxylic acids is 2. The fourth-order valence-electron chi connectivity index (χ4n) is 2.92. The highest BCUT2D eigenvalue weighted by Crippen LogP contribution is 2.28. The van der Waals surface area contributed by atoms with Crippen molar-refractivity contribution in [2.45, 2.75) is 20.0 Å². The van der Waals surface area contributed by atoms with E-state index >= 15 is 0 Å². The average molecular weight is 393 g/mol. The van der Waals surface area contributed by atoms with Gasteiger partial charge >= 0.3 is 5.97 Å². The van der Waals surface area contributed by atoms with Gasteiger partial charge in [0.2, 0.25) is 0 Å². The molecule has 1 amide bonds. The maximum Gasteiger partial charge on any atom is 0.339 e. The number of esters is 1. The van der Waals surface area contributed by atoms with Crippen molar-refractivity contribution in [3.05, 3.63) is 66.2 Å². The van der Waals surface area contributed by atoms with Crippen molar-refractivity contribution in [2.24, 2.45) is 0 Å². The molecule has 0 radical (unpaired) electrons. The minimum atomic E-state index is -0.973. The number of carbonyl (C=O) groups is 2. The lowest BCUT2D eigenvalue weighted by Crippen LogP contribution is -2.30. The van der Waals surface area contributed by atoms with Crippen LogP contribution in [0, 0.1) is 0 Å². The van der Waals surface area contributed by atoms with Gasteiger partial charge in [-0.25, -0.2) is 4.79 Å². The van der Waals surface area contributed by atoms with Gasteiger partial charge in [-0.1, -0.05) is 36.4 Å². The minimum absolute atomic E-state index is 0.277. The molecule has 1 atom stereocenters. The highest BCUT2D eigenvalue weighted by atomic mass is 16.5. The van der Waals surface area contributed by atoms with Crippen LogP contribution >= 0.6 is 0 Å². The average Bonchev–Trinajstić information content (AvgIpc) is 2.74. The highest BCUT2D eigenvalue weighted by molar-refractivity contribution is 6.04. The zero-order chi connectivity index (χ0) is 20.8. The quantitative estimate of drug-likeness (QED) is 0.601. The van der Waals surface area contributed by atoms with Crippen LogP contribution in [0.2, 0.25) is 0 Å². The van der Waals surface area contributed by atoms with Crippen molar-refractivity contribution < 1.29 is 23.8 Å². The molecule has 150 valence electrons. The third-order valence-corrected chi connectivity index (χ3v) is 4.40. The minimum Gasteiger partial charge on any atom is -0.493 e. The Balaban J connectivity index is 1.70.